The number of sulfonamides is 1. The third kappa shape index (κ3) is 6.66. The third-order valence-electron chi connectivity index (χ3n) is 5.32. The normalized spacial score (nSPS) is 21.3. The second kappa shape index (κ2) is 11.0. The van der Waals surface area contributed by atoms with E-state index in [4.69, 9.17) is 27.9 Å². The monoisotopic (exact) mass is 500 g/mol. The summed E-state index contributed by atoms with van der Waals surface area (Å²) in [6, 6.07) is 11.1. The van der Waals surface area contributed by atoms with E-state index in [1.165, 1.54) is 12.1 Å². The molecule has 2 aromatic rings. The summed E-state index contributed by atoms with van der Waals surface area (Å²) in [7, 11) is -3.75. The van der Waals surface area contributed by atoms with Crippen molar-refractivity contribution >= 4 is 39.1 Å². The Kier molecular flexibility index (Phi) is 8.55. The fourth-order valence-corrected chi connectivity index (χ4v) is 5.15. The summed E-state index contributed by atoms with van der Waals surface area (Å²) >= 11 is 11.9. The molecule has 0 radical (unpaired) electrons. The fourth-order valence-electron chi connectivity index (χ4n) is 3.53. The molecule has 0 aliphatic carbocycles. The van der Waals surface area contributed by atoms with Crippen LogP contribution in [-0.2, 0) is 26.1 Å². The maximum absolute atomic E-state index is 12.7. The van der Waals surface area contributed by atoms with Gasteiger partial charge in [0.25, 0.3) is 0 Å². The van der Waals surface area contributed by atoms with E-state index in [2.05, 4.69) is 10.0 Å². The molecule has 32 heavy (non-hydrogen) atoms. The predicted molar refractivity (Wildman–Crippen MR) is 123 cm³/mol. The van der Waals surface area contributed by atoms with Gasteiger partial charge in [0.2, 0.25) is 15.9 Å². The van der Waals surface area contributed by atoms with Crippen LogP contribution in [0.1, 0.15) is 30.4 Å². The van der Waals surface area contributed by atoms with E-state index in [-0.39, 0.29) is 23.8 Å². The smallest absolute Gasteiger partial charge is 0.240 e. The van der Waals surface area contributed by atoms with Crippen molar-refractivity contribution in [3.63, 3.8) is 0 Å². The number of ether oxygens (including phenoxy) is 1. The molecule has 3 atom stereocenters. The molecule has 1 amide bonds. The van der Waals surface area contributed by atoms with Gasteiger partial charge in [0, 0.05) is 6.54 Å². The Morgan fingerprint density at radius 3 is 2.50 bits per heavy atom. The predicted octanol–water partition coefficient (Wildman–Crippen LogP) is 3.20. The molecule has 1 aliphatic heterocycles. The van der Waals surface area contributed by atoms with E-state index < -0.39 is 28.3 Å². The molecule has 0 unspecified atom stereocenters. The van der Waals surface area contributed by atoms with Gasteiger partial charge in [-0.15, -0.1) is 0 Å². The first-order valence-corrected chi connectivity index (χ1v) is 12.5. The van der Waals surface area contributed by atoms with Crippen LogP contribution in [0.4, 0.5) is 0 Å². The van der Waals surface area contributed by atoms with Crippen molar-refractivity contribution in [1.29, 1.82) is 0 Å². The van der Waals surface area contributed by atoms with Crippen LogP contribution in [0.25, 0.3) is 0 Å². The molecular weight excluding hydrogens is 475 g/mol. The maximum atomic E-state index is 12.7. The van der Waals surface area contributed by atoms with E-state index in [9.17, 15) is 18.3 Å². The SMILES string of the molecule is Cc1ccc(S(=O)(=O)N[C@@H]2CC[C@H](CC(=O)NCc3ccc(Cl)c(Cl)c3)O[C@H]2CO)cc1. The summed E-state index contributed by atoms with van der Waals surface area (Å²) in [4.78, 5) is 12.5. The number of benzene rings is 2. The number of aryl methyl sites for hydroxylation is 1. The molecule has 0 aromatic heterocycles. The molecule has 1 saturated heterocycles. The molecular formula is C22H26Cl2N2O5S. The molecule has 0 saturated carbocycles. The molecule has 10 heteroatoms. The summed E-state index contributed by atoms with van der Waals surface area (Å²) in [5.74, 6) is -0.212. The topological polar surface area (TPSA) is 105 Å². The number of hydrogen-bond donors (Lipinski definition) is 3. The van der Waals surface area contributed by atoms with Crippen molar-refractivity contribution in [3.05, 3.63) is 63.6 Å². The fraction of sp³-hybridized carbons (Fsp3) is 0.409. The van der Waals surface area contributed by atoms with Gasteiger partial charge in [-0.25, -0.2) is 13.1 Å². The van der Waals surface area contributed by atoms with Crippen molar-refractivity contribution in [3.8, 4) is 0 Å². The van der Waals surface area contributed by atoms with Crippen molar-refractivity contribution in [2.45, 2.75) is 55.9 Å². The van der Waals surface area contributed by atoms with Crippen LogP contribution in [0.15, 0.2) is 47.4 Å². The number of carbonyl (C=O) groups excluding carboxylic acids is 1. The van der Waals surface area contributed by atoms with Gasteiger partial charge in [-0.05, 0) is 49.6 Å². The maximum Gasteiger partial charge on any atom is 0.240 e. The number of nitrogens with one attached hydrogen (secondary N) is 2. The van der Waals surface area contributed by atoms with E-state index in [1.54, 1.807) is 30.3 Å². The van der Waals surface area contributed by atoms with E-state index in [0.717, 1.165) is 11.1 Å². The number of rotatable bonds is 8. The molecule has 3 rings (SSSR count). The molecule has 1 aliphatic rings. The first-order chi connectivity index (χ1) is 15.2. The van der Waals surface area contributed by atoms with E-state index in [1.807, 2.05) is 6.92 Å². The minimum atomic E-state index is -3.75. The lowest BCUT2D eigenvalue weighted by Crippen LogP contribution is -2.51. The lowest BCUT2D eigenvalue weighted by molar-refractivity contribution is -0.130. The highest BCUT2D eigenvalue weighted by Crippen LogP contribution is 2.24. The van der Waals surface area contributed by atoms with Gasteiger partial charge in [0.15, 0.2) is 0 Å². The number of carbonyl (C=O) groups is 1. The van der Waals surface area contributed by atoms with Crippen LogP contribution < -0.4 is 10.0 Å². The lowest BCUT2D eigenvalue weighted by Gasteiger charge is -2.35. The molecule has 1 heterocycles. The number of amides is 1. The highest BCUT2D eigenvalue weighted by atomic mass is 35.5. The Morgan fingerprint density at radius 1 is 1.12 bits per heavy atom. The first-order valence-electron chi connectivity index (χ1n) is 10.2. The van der Waals surface area contributed by atoms with Crippen molar-refractivity contribution in [2.24, 2.45) is 0 Å². The van der Waals surface area contributed by atoms with Crippen LogP contribution in [-0.4, -0.2) is 44.3 Å². The molecule has 3 N–H and O–H groups in total. The molecule has 1 fully saturated rings. The zero-order chi connectivity index (χ0) is 23.3. The van der Waals surface area contributed by atoms with Crippen molar-refractivity contribution in [1.82, 2.24) is 10.0 Å². The third-order valence-corrected chi connectivity index (χ3v) is 7.57. The number of aliphatic hydroxyl groups excluding tert-OH is 1. The zero-order valence-electron chi connectivity index (χ0n) is 17.6. The second-order valence-corrected chi connectivity index (χ2v) is 10.4. The van der Waals surface area contributed by atoms with E-state index in [0.29, 0.717) is 29.4 Å². The molecule has 0 spiro atoms. The number of aliphatic hydroxyl groups is 1. The minimum Gasteiger partial charge on any atom is -0.394 e. The van der Waals surface area contributed by atoms with Gasteiger partial charge in [0.1, 0.15) is 0 Å². The van der Waals surface area contributed by atoms with Gasteiger partial charge in [0.05, 0.1) is 46.2 Å². The highest BCUT2D eigenvalue weighted by molar-refractivity contribution is 7.89. The van der Waals surface area contributed by atoms with Crippen LogP contribution in [0.2, 0.25) is 10.0 Å². The standard InChI is InChI=1S/C22H26Cl2N2O5S/c1-14-2-6-17(7-3-14)32(29,30)26-20-9-5-16(31-21(20)13-27)11-22(28)25-12-15-4-8-18(23)19(24)10-15/h2-4,6-8,10,16,20-21,26-27H,5,9,11-13H2,1H3,(H,25,28)/t16-,20-,21+/m1/s1. The molecule has 174 valence electrons. The average Bonchev–Trinajstić information content (AvgIpc) is 2.75. The Balaban J connectivity index is 1.52. The van der Waals surface area contributed by atoms with Gasteiger partial charge >= 0.3 is 0 Å². The molecule has 2 aromatic carbocycles. The van der Waals surface area contributed by atoms with Gasteiger partial charge in [-0.1, -0.05) is 47.0 Å². The molecule has 0 bridgehead atoms. The van der Waals surface area contributed by atoms with Gasteiger partial charge < -0.3 is 15.2 Å². The highest BCUT2D eigenvalue weighted by Gasteiger charge is 2.34. The summed E-state index contributed by atoms with van der Waals surface area (Å²) < 4.78 is 33.8. The van der Waals surface area contributed by atoms with Crippen LogP contribution >= 0.6 is 23.2 Å². The Labute approximate surface area is 198 Å². The Morgan fingerprint density at radius 2 is 1.84 bits per heavy atom. The summed E-state index contributed by atoms with van der Waals surface area (Å²) in [5, 5.41) is 13.4. The summed E-state index contributed by atoms with van der Waals surface area (Å²) in [6.45, 7) is 1.81. The molecule has 7 nitrogen and oxygen atoms in total. The van der Waals surface area contributed by atoms with Crippen LogP contribution in [0.3, 0.4) is 0 Å². The van der Waals surface area contributed by atoms with E-state index >= 15 is 0 Å². The first kappa shape index (κ1) is 25.0. The number of hydrogen-bond acceptors (Lipinski definition) is 5. The van der Waals surface area contributed by atoms with Gasteiger partial charge in [-0.3, -0.25) is 4.79 Å². The number of halogens is 2. The largest absolute Gasteiger partial charge is 0.394 e. The van der Waals surface area contributed by atoms with Crippen molar-refractivity contribution < 1.29 is 23.1 Å². The Hall–Kier alpha value is -1.68. The van der Waals surface area contributed by atoms with Crippen LogP contribution in [0.5, 0.6) is 0 Å². The summed E-state index contributed by atoms with van der Waals surface area (Å²) in [5.41, 5.74) is 1.77. The average molecular weight is 501 g/mol. The zero-order valence-corrected chi connectivity index (χ0v) is 19.9. The minimum absolute atomic E-state index is 0.106. The summed E-state index contributed by atoms with van der Waals surface area (Å²) in [6.07, 6.45) is -0.119. The second-order valence-electron chi connectivity index (χ2n) is 7.83. The Bertz CT molecular complexity index is 1050. The van der Waals surface area contributed by atoms with Crippen LogP contribution in [0, 0.1) is 6.92 Å². The quantitative estimate of drug-likeness (QED) is 0.516. The van der Waals surface area contributed by atoms with Gasteiger partial charge in [-0.2, -0.15) is 0 Å². The van der Waals surface area contributed by atoms with Crippen molar-refractivity contribution in [2.75, 3.05) is 6.61 Å². The lowest BCUT2D eigenvalue weighted by atomic mass is 9.98.